The molecule has 0 heterocycles. The smallest absolute Gasteiger partial charge is 0.266 e. The first kappa shape index (κ1) is 8.03. The molecular formula is C4H5NO3S. The Bertz CT molecular complexity index is 254. The molecule has 0 bridgehead atoms. The van der Waals surface area contributed by atoms with Crippen LogP contribution in [0.25, 0.3) is 0 Å². The summed E-state index contributed by atoms with van der Waals surface area (Å²) in [4.78, 5) is 10.3. The molecule has 0 atom stereocenters. The minimum Gasteiger partial charge on any atom is -0.266 e. The van der Waals surface area contributed by atoms with Gasteiger partial charge in [0, 0.05) is 5.57 Å². The SMILES string of the molecule is C=C(C)C(=O)N=S(=O)=O. The van der Waals surface area contributed by atoms with Crippen molar-refractivity contribution in [2.45, 2.75) is 6.92 Å². The lowest BCUT2D eigenvalue weighted by Gasteiger charge is -1.80. The molecule has 50 valence electrons. The van der Waals surface area contributed by atoms with Gasteiger partial charge in [0.15, 0.2) is 0 Å². The standard InChI is InChI=1S/C4H5NO3S/c1-3(2)4(6)5-9(7)8/h1H2,2H3. The molecule has 0 fully saturated rings. The van der Waals surface area contributed by atoms with Gasteiger partial charge in [-0.15, -0.1) is 0 Å². The number of amides is 1. The van der Waals surface area contributed by atoms with Crippen LogP contribution in [0.4, 0.5) is 0 Å². The van der Waals surface area contributed by atoms with Crippen LogP contribution in [0.5, 0.6) is 0 Å². The maximum Gasteiger partial charge on any atom is 0.319 e. The van der Waals surface area contributed by atoms with E-state index < -0.39 is 16.4 Å². The number of nitrogens with zero attached hydrogens (tertiary/aromatic N) is 1. The zero-order chi connectivity index (χ0) is 7.44. The second-order valence-electron chi connectivity index (χ2n) is 1.39. The van der Waals surface area contributed by atoms with Crippen LogP contribution < -0.4 is 0 Å². The summed E-state index contributed by atoms with van der Waals surface area (Å²) in [5, 5.41) is 0. The highest BCUT2D eigenvalue weighted by atomic mass is 32.2. The van der Waals surface area contributed by atoms with Crippen molar-refractivity contribution < 1.29 is 13.2 Å². The Morgan fingerprint density at radius 3 is 2.11 bits per heavy atom. The molecule has 0 unspecified atom stereocenters. The van der Waals surface area contributed by atoms with Crippen LogP contribution >= 0.6 is 0 Å². The second-order valence-corrected chi connectivity index (χ2v) is 2.01. The maximum absolute atomic E-state index is 10.3. The van der Waals surface area contributed by atoms with Crippen molar-refractivity contribution in [1.82, 2.24) is 0 Å². The third-order valence-electron chi connectivity index (χ3n) is 0.523. The molecule has 0 aromatic carbocycles. The van der Waals surface area contributed by atoms with Gasteiger partial charge in [-0.1, -0.05) is 10.9 Å². The number of hydrogen-bond acceptors (Lipinski definition) is 3. The van der Waals surface area contributed by atoms with Crippen LogP contribution in [0, 0.1) is 0 Å². The van der Waals surface area contributed by atoms with Gasteiger partial charge >= 0.3 is 10.5 Å². The molecule has 5 heteroatoms. The van der Waals surface area contributed by atoms with Gasteiger partial charge in [0.2, 0.25) is 0 Å². The largest absolute Gasteiger partial charge is 0.319 e. The Balaban J connectivity index is 4.47. The number of rotatable bonds is 1. The van der Waals surface area contributed by atoms with Crippen LogP contribution in [-0.2, 0) is 15.3 Å². The topological polar surface area (TPSA) is 63.6 Å². The summed E-state index contributed by atoms with van der Waals surface area (Å²) in [5.74, 6) is -0.802. The van der Waals surface area contributed by atoms with Crippen molar-refractivity contribution in [1.29, 1.82) is 0 Å². The summed E-state index contributed by atoms with van der Waals surface area (Å²) in [6.07, 6.45) is 0. The molecular weight excluding hydrogens is 142 g/mol. The quantitative estimate of drug-likeness (QED) is 0.496. The van der Waals surface area contributed by atoms with Crippen molar-refractivity contribution in [2.75, 3.05) is 0 Å². The Morgan fingerprint density at radius 2 is 2.00 bits per heavy atom. The molecule has 0 N–H and O–H groups in total. The lowest BCUT2D eigenvalue weighted by Crippen LogP contribution is -1.90. The molecule has 0 radical (unpaired) electrons. The van der Waals surface area contributed by atoms with E-state index in [4.69, 9.17) is 0 Å². The van der Waals surface area contributed by atoms with Crippen LogP contribution in [0.1, 0.15) is 6.92 Å². The molecule has 9 heavy (non-hydrogen) atoms. The minimum absolute atomic E-state index is 0.110. The Kier molecular flexibility index (Phi) is 2.80. The molecule has 0 aliphatic carbocycles. The van der Waals surface area contributed by atoms with Gasteiger partial charge in [-0.05, 0) is 6.92 Å². The van der Waals surface area contributed by atoms with Crippen molar-refractivity contribution >= 4 is 16.4 Å². The fraction of sp³-hybridized carbons (Fsp3) is 0.250. The van der Waals surface area contributed by atoms with E-state index in [1.807, 2.05) is 0 Å². The lowest BCUT2D eigenvalue weighted by molar-refractivity contribution is -0.114. The molecule has 0 aliphatic heterocycles. The van der Waals surface area contributed by atoms with Crippen LogP contribution in [0.2, 0.25) is 0 Å². The molecule has 1 amide bonds. The van der Waals surface area contributed by atoms with Gasteiger partial charge in [-0.3, -0.25) is 4.79 Å². The van der Waals surface area contributed by atoms with Crippen LogP contribution in [-0.4, -0.2) is 14.3 Å². The average Bonchev–Trinajstić information content (AvgIpc) is 1.63. The average molecular weight is 147 g/mol. The van der Waals surface area contributed by atoms with E-state index in [0.717, 1.165) is 0 Å². The molecule has 0 aromatic rings. The predicted octanol–water partition coefficient (Wildman–Crippen LogP) is 0.152. The fourth-order valence-corrected chi connectivity index (χ4v) is 0.437. The van der Waals surface area contributed by atoms with E-state index in [1.165, 1.54) is 6.92 Å². The number of carbonyl (C=O) groups excluding carboxylic acids is 1. The molecule has 0 rings (SSSR count). The van der Waals surface area contributed by atoms with Crippen LogP contribution in [0.3, 0.4) is 0 Å². The molecule has 0 saturated carbocycles. The van der Waals surface area contributed by atoms with Gasteiger partial charge in [0.1, 0.15) is 0 Å². The summed E-state index contributed by atoms with van der Waals surface area (Å²) < 4.78 is 22.0. The van der Waals surface area contributed by atoms with Crippen molar-refractivity contribution in [2.24, 2.45) is 4.36 Å². The summed E-state index contributed by atoms with van der Waals surface area (Å²) in [5.41, 5.74) is 0.110. The zero-order valence-electron chi connectivity index (χ0n) is 4.79. The fourth-order valence-electron chi connectivity index (χ4n) is 0.146. The summed E-state index contributed by atoms with van der Waals surface area (Å²) in [6, 6.07) is 0. The van der Waals surface area contributed by atoms with E-state index in [2.05, 4.69) is 10.9 Å². The Hall–Kier alpha value is -0.970. The highest BCUT2D eigenvalue weighted by Gasteiger charge is 1.96. The third-order valence-corrected chi connectivity index (χ3v) is 0.837. The monoisotopic (exact) mass is 147 g/mol. The molecule has 4 nitrogen and oxygen atoms in total. The summed E-state index contributed by atoms with van der Waals surface area (Å²) in [6.45, 7) is 4.58. The van der Waals surface area contributed by atoms with Gasteiger partial charge in [0.05, 0.1) is 0 Å². The van der Waals surface area contributed by atoms with Gasteiger partial charge in [-0.2, -0.15) is 8.42 Å². The summed E-state index contributed by atoms with van der Waals surface area (Å²) in [7, 11) is -2.65. The zero-order valence-corrected chi connectivity index (χ0v) is 5.60. The third kappa shape index (κ3) is 3.60. The highest BCUT2D eigenvalue weighted by molar-refractivity contribution is 7.62. The number of carbonyl (C=O) groups is 1. The maximum atomic E-state index is 10.3. The minimum atomic E-state index is -2.65. The normalized spacial score (nSPS) is 8.11. The first-order valence-corrected chi connectivity index (χ1v) is 3.08. The predicted molar refractivity (Wildman–Crippen MR) is 31.2 cm³/mol. The first-order valence-electron chi connectivity index (χ1n) is 2.05. The van der Waals surface area contributed by atoms with Crippen LogP contribution in [0.15, 0.2) is 16.5 Å². The van der Waals surface area contributed by atoms with E-state index in [-0.39, 0.29) is 5.57 Å². The van der Waals surface area contributed by atoms with E-state index >= 15 is 0 Å². The highest BCUT2D eigenvalue weighted by Crippen LogP contribution is 1.88. The Labute approximate surface area is 53.9 Å². The van der Waals surface area contributed by atoms with Gasteiger partial charge in [-0.25, -0.2) is 0 Å². The number of hydrogen-bond donors (Lipinski definition) is 0. The summed E-state index contributed by atoms with van der Waals surface area (Å²) >= 11 is 0. The van der Waals surface area contributed by atoms with E-state index in [1.54, 1.807) is 0 Å². The van der Waals surface area contributed by atoms with Crippen molar-refractivity contribution in [3.8, 4) is 0 Å². The molecule has 0 aliphatic rings. The van der Waals surface area contributed by atoms with E-state index in [9.17, 15) is 13.2 Å². The van der Waals surface area contributed by atoms with Gasteiger partial charge < -0.3 is 0 Å². The second kappa shape index (κ2) is 3.13. The van der Waals surface area contributed by atoms with Crippen molar-refractivity contribution in [3.05, 3.63) is 12.2 Å². The molecule has 0 aromatic heterocycles. The van der Waals surface area contributed by atoms with Crippen molar-refractivity contribution in [3.63, 3.8) is 0 Å². The lowest BCUT2D eigenvalue weighted by atomic mass is 10.3. The Morgan fingerprint density at radius 1 is 1.56 bits per heavy atom. The molecule has 0 spiro atoms. The van der Waals surface area contributed by atoms with Gasteiger partial charge in [0.25, 0.3) is 5.91 Å². The van der Waals surface area contributed by atoms with E-state index in [0.29, 0.717) is 0 Å². The molecule has 0 saturated heterocycles. The first-order chi connectivity index (χ1) is 4.04.